The number of morpholine rings is 1. The molecule has 0 atom stereocenters. The molecule has 1 amide bonds. The SMILES string of the molecule is CCCCC(=O)Nc1cnc(N2CCOCC2)nc1. The Balaban J connectivity index is 1.88. The van der Waals surface area contributed by atoms with E-state index < -0.39 is 0 Å². The van der Waals surface area contributed by atoms with Gasteiger partial charge in [0.2, 0.25) is 11.9 Å². The lowest BCUT2D eigenvalue weighted by atomic mass is 10.2. The van der Waals surface area contributed by atoms with Crippen molar-refractivity contribution in [2.45, 2.75) is 26.2 Å². The van der Waals surface area contributed by atoms with Crippen molar-refractivity contribution in [1.29, 1.82) is 0 Å². The number of rotatable bonds is 5. The molecule has 1 fully saturated rings. The topological polar surface area (TPSA) is 67.4 Å². The molecule has 1 saturated heterocycles. The summed E-state index contributed by atoms with van der Waals surface area (Å²) in [6.45, 7) is 5.09. The number of nitrogens with one attached hydrogen (secondary N) is 1. The van der Waals surface area contributed by atoms with Crippen molar-refractivity contribution in [1.82, 2.24) is 9.97 Å². The van der Waals surface area contributed by atoms with Crippen LogP contribution in [0.2, 0.25) is 0 Å². The number of carbonyl (C=O) groups is 1. The summed E-state index contributed by atoms with van der Waals surface area (Å²) in [5.41, 5.74) is 0.651. The van der Waals surface area contributed by atoms with Gasteiger partial charge < -0.3 is 15.0 Å². The first-order valence-electron chi connectivity index (χ1n) is 6.74. The molecule has 1 aromatic rings. The van der Waals surface area contributed by atoms with Crippen LogP contribution in [-0.4, -0.2) is 42.2 Å². The smallest absolute Gasteiger partial charge is 0.225 e. The number of hydrogen-bond donors (Lipinski definition) is 1. The van der Waals surface area contributed by atoms with Crippen LogP contribution >= 0.6 is 0 Å². The Bertz CT molecular complexity index is 402. The summed E-state index contributed by atoms with van der Waals surface area (Å²) in [7, 11) is 0. The minimum Gasteiger partial charge on any atom is -0.378 e. The normalized spacial score (nSPS) is 15.3. The summed E-state index contributed by atoms with van der Waals surface area (Å²) in [5.74, 6) is 0.708. The van der Waals surface area contributed by atoms with Crippen LogP contribution in [0.5, 0.6) is 0 Å². The fourth-order valence-electron chi connectivity index (χ4n) is 1.87. The molecular weight excluding hydrogens is 244 g/mol. The fourth-order valence-corrected chi connectivity index (χ4v) is 1.87. The third-order valence-electron chi connectivity index (χ3n) is 2.97. The van der Waals surface area contributed by atoms with Crippen molar-refractivity contribution in [3.8, 4) is 0 Å². The molecule has 104 valence electrons. The van der Waals surface area contributed by atoms with Gasteiger partial charge in [-0.1, -0.05) is 13.3 Å². The van der Waals surface area contributed by atoms with Gasteiger partial charge in [0.05, 0.1) is 31.3 Å². The number of carbonyl (C=O) groups excluding carboxylic acids is 1. The van der Waals surface area contributed by atoms with Gasteiger partial charge in [0.15, 0.2) is 0 Å². The van der Waals surface area contributed by atoms with Crippen molar-refractivity contribution in [3.05, 3.63) is 12.4 Å². The second-order valence-electron chi connectivity index (χ2n) is 4.52. The predicted molar refractivity (Wildman–Crippen MR) is 73.2 cm³/mol. The van der Waals surface area contributed by atoms with Gasteiger partial charge in [0.1, 0.15) is 0 Å². The highest BCUT2D eigenvalue weighted by Gasteiger charge is 2.13. The number of anilines is 2. The molecule has 19 heavy (non-hydrogen) atoms. The van der Waals surface area contributed by atoms with Gasteiger partial charge in [0, 0.05) is 19.5 Å². The summed E-state index contributed by atoms with van der Waals surface area (Å²) in [6.07, 6.45) is 5.77. The van der Waals surface area contributed by atoms with E-state index in [2.05, 4.69) is 27.1 Å². The van der Waals surface area contributed by atoms with Gasteiger partial charge in [-0.2, -0.15) is 0 Å². The maximum absolute atomic E-state index is 11.6. The molecule has 0 aliphatic carbocycles. The number of hydrogen-bond acceptors (Lipinski definition) is 5. The molecule has 0 unspecified atom stereocenters. The first-order valence-corrected chi connectivity index (χ1v) is 6.74. The molecule has 1 aliphatic rings. The third kappa shape index (κ3) is 4.17. The van der Waals surface area contributed by atoms with Gasteiger partial charge in [0.25, 0.3) is 0 Å². The minimum absolute atomic E-state index is 0.0181. The van der Waals surface area contributed by atoms with Gasteiger partial charge in [-0.25, -0.2) is 9.97 Å². The highest BCUT2D eigenvalue weighted by molar-refractivity contribution is 5.90. The second kappa shape index (κ2) is 7.04. The van der Waals surface area contributed by atoms with E-state index in [1.807, 2.05) is 0 Å². The van der Waals surface area contributed by atoms with Crippen molar-refractivity contribution >= 4 is 17.5 Å². The maximum Gasteiger partial charge on any atom is 0.225 e. The van der Waals surface area contributed by atoms with E-state index in [9.17, 15) is 4.79 Å². The van der Waals surface area contributed by atoms with Crippen LogP contribution in [0.4, 0.5) is 11.6 Å². The van der Waals surface area contributed by atoms with Crippen LogP contribution in [0.15, 0.2) is 12.4 Å². The Hall–Kier alpha value is -1.69. The van der Waals surface area contributed by atoms with Gasteiger partial charge in [-0.05, 0) is 6.42 Å². The Labute approximate surface area is 113 Å². The maximum atomic E-state index is 11.6. The lowest BCUT2D eigenvalue weighted by molar-refractivity contribution is -0.116. The molecule has 2 rings (SSSR count). The number of amides is 1. The molecule has 0 bridgehead atoms. The van der Waals surface area contributed by atoms with Crippen LogP contribution in [0.25, 0.3) is 0 Å². The number of unbranched alkanes of at least 4 members (excludes halogenated alkanes) is 1. The second-order valence-corrected chi connectivity index (χ2v) is 4.52. The molecule has 0 aromatic carbocycles. The van der Waals surface area contributed by atoms with Crippen LogP contribution in [0.1, 0.15) is 26.2 Å². The van der Waals surface area contributed by atoms with Crippen molar-refractivity contribution in [2.75, 3.05) is 36.5 Å². The molecule has 1 aromatic heterocycles. The molecule has 0 spiro atoms. The standard InChI is InChI=1S/C13H20N4O2/c1-2-3-4-12(18)16-11-9-14-13(15-10-11)17-5-7-19-8-6-17/h9-10H,2-8H2,1H3,(H,16,18). The van der Waals surface area contributed by atoms with Crippen LogP contribution in [0.3, 0.4) is 0 Å². The van der Waals surface area contributed by atoms with E-state index >= 15 is 0 Å². The zero-order chi connectivity index (χ0) is 13.5. The molecule has 6 heteroatoms. The number of ether oxygens (including phenoxy) is 1. The largest absolute Gasteiger partial charge is 0.378 e. The Morgan fingerprint density at radius 2 is 2.05 bits per heavy atom. The molecule has 0 radical (unpaired) electrons. The zero-order valence-electron chi connectivity index (χ0n) is 11.3. The van der Waals surface area contributed by atoms with Gasteiger partial charge >= 0.3 is 0 Å². The molecule has 1 N–H and O–H groups in total. The van der Waals surface area contributed by atoms with Gasteiger partial charge in [-0.15, -0.1) is 0 Å². The number of nitrogens with zero attached hydrogens (tertiary/aromatic N) is 3. The lowest BCUT2D eigenvalue weighted by Gasteiger charge is -2.26. The van der Waals surface area contributed by atoms with Crippen molar-refractivity contribution < 1.29 is 9.53 Å². The average Bonchev–Trinajstić information content (AvgIpc) is 2.47. The van der Waals surface area contributed by atoms with Crippen molar-refractivity contribution in [2.24, 2.45) is 0 Å². The quantitative estimate of drug-likeness (QED) is 0.871. The summed E-state index contributed by atoms with van der Waals surface area (Å²) in [4.78, 5) is 22.2. The van der Waals surface area contributed by atoms with E-state index in [1.54, 1.807) is 12.4 Å². The monoisotopic (exact) mass is 264 g/mol. The molecule has 2 heterocycles. The Kier molecular flexibility index (Phi) is 5.09. The third-order valence-corrected chi connectivity index (χ3v) is 2.97. The Morgan fingerprint density at radius 3 is 2.68 bits per heavy atom. The Morgan fingerprint density at radius 1 is 1.37 bits per heavy atom. The zero-order valence-corrected chi connectivity index (χ0v) is 11.3. The highest BCUT2D eigenvalue weighted by Crippen LogP contribution is 2.12. The summed E-state index contributed by atoms with van der Waals surface area (Å²) >= 11 is 0. The summed E-state index contributed by atoms with van der Waals surface area (Å²) < 4.78 is 5.28. The van der Waals surface area contributed by atoms with E-state index in [0.29, 0.717) is 31.3 Å². The van der Waals surface area contributed by atoms with E-state index in [-0.39, 0.29) is 5.91 Å². The van der Waals surface area contributed by atoms with Gasteiger partial charge in [-0.3, -0.25) is 4.79 Å². The highest BCUT2D eigenvalue weighted by atomic mass is 16.5. The first kappa shape index (κ1) is 13.7. The first-order chi connectivity index (χ1) is 9.29. The summed E-state index contributed by atoms with van der Waals surface area (Å²) in [6, 6.07) is 0. The molecule has 6 nitrogen and oxygen atoms in total. The minimum atomic E-state index is 0.0181. The van der Waals surface area contributed by atoms with E-state index in [1.165, 1.54) is 0 Å². The predicted octanol–water partition coefficient (Wildman–Crippen LogP) is 1.44. The van der Waals surface area contributed by atoms with Crippen LogP contribution in [-0.2, 0) is 9.53 Å². The van der Waals surface area contributed by atoms with E-state index in [4.69, 9.17) is 4.74 Å². The molecule has 0 saturated carbocycles. The molecule has 1 aliphatic heterocycles. The van der Waals surface area contributed by atoms with Crippen LogP contribution in [0, 0.1) is 0 Å². The summed E-state index contributed by atoms with van der Waals surface area (Å²) in [5, 5.41) is 2.80. The van der Waals surface area contributed by atoms with E-state index in [0.717, 1.165) is 25.9 Å². The number of aromatic nitrogens is 2. The lowest BCUT2D eigenvalue weighted by Crippen LogP contribution is -2.37. The van der Waals surface area contributed by atoms with Crippen molar-refractivity contribution in [3.63, 3.8) is 0 Å². The molecular formula is C13H20N4O2. The van der Waals surface area contributed by atoms with Crippen LogP contribution < -0.4 is 10.2 Å². The average molecular weight is 264 g/mol. The fraction of sp³-hybridized carbons (Fsp3) is 0.615.